The third-order valence-electron chi connectivity index (χ3n) is 3.55. The number of pyridine rings is 1. The number of allylic oxidation sites excluding steroid dienone is 4. The van der Waals surface area contributed by atoms with Crippen molar-refractivity contribution in [2.45, 2.75) is 46.1 Å². The highest BCUT2D eigenvalue weighted by atomic mass is 14.9. The van der Waals surface area contributed by atoms with Crippen molar-refractivity contribution in [1.29, 1.82) is 0 Å². The van der Waals surface area contributed by atoms with Crippen LogP contribution in [0.4, 0.5) is 0 Å². The van der Waals surface area contributed by atoms with E-state index >= 15 is 0 Å². The lowest BCUT2D eigenvalue weighted by Gasteiger charge is -2.06. The monoisotopic (exact) mass is 228 g/mol. The van der Waals surface area contributed by atoms with Crippen LogP contribution < -0.4 is 4.57 Å². The lowest BCUT2D eigenvalue weighted by molar-refractivity contribution is -0.703. The number of hydrogen-bond acceptors (Lipinski definition) is 0. The molecule has 0 aliphatic heterocycles. The fraction of sp³-hybridized carbons (Fsp3) is 0.438. The van der Waals surface area contributed by atoms with Crippen LogP contribution in [0.15, 0.2) is 42.1 Å². The smallest absolute Gasteiger partial charge is 0.181 e. The standard InChI is InChI=1S/C16H22N/c1-14-8-6-12-17(15(14)2)13-7-11-16-9-4-3-5-10-16/h4,6,8-10,12H,3,5,7,11,13H2,1-2H3/q+1. The van der Waals surface area contributed by atoms with Gasteiger partial charge in [-0.2, -0.15) is 0 Å². The second-order valence-corrected chi connectivity index (χ2v) is 4.83. The Morgan fingerprint density at radius 3 is 2.88 bits per heavy atom. The van der Waals surface area contributed by atoms with Gasteiger partial charge in [0.05, 0.1) is 0 Å². The van der Waals surface area contributed by atoms with Gasteiger partial charge in [0.1, 0.15) is 6.54 Å². The number of aromatic nitrogens is 1. The predicted octanol–water partition coefficient (Wildman–Crippen LogP) is 3.65. The van der Waals surface area contributed by atoms with Gasteiger partial charge in [-0.3, -0.25) is 0 Å². The summed E-state index contributed by atoms with van der Waals surface area (Å²) < 4.78 is 2.36. The molecular formula is C16H22N+. The van der Waals surface area contributed by atoms with E-state index in [2.05, 4.69) is 55.0 Å². The molecule has 2 rings (SSSR count). The molecule has 0 N–H and O–H groups in total. The predicted molar refractivity (Wildman–Crippen MR) is 71.8 cm³/mol. The van der Waals surface area contributed by atoms with Gasteiger partial charge in [0.2, 0.25) is 0 Å². The van der Waals surface area contributed by atoms with Crippen molar-refractivity contribution in [1.82, 2.24) is 0 Å². The molecule has 0 fully saturated rings. The molecule has 0 saturated heterocycles. The maximum atomic E-state index is 2.38. The van der Waals surface area contributed by atoms with Gasteiger partial charge in [-0.05, 0) is 32.3 Å². The molecule has 90 valence electrons. The summed E-state index contributed by atoms with van der Waals surface area (Å²) in [5, 5.41) is 0. The Morgan fingerprint density at radius 2 is 2.12 bits per heavy atom. The zero-order valence-corrected chi connectivity index (χ0v) is 10.9. The topological polar surface area (TPSA) is 3.88 Å². The number of rotatable bonds is 4. The normalized spacial score (nSPS) is 14.8. The molecule has 0 aromatic carbocycles. The van der Waals surface area contributed by atoms with Crippen molar-refractivity contribution >= 4 is 0 Å². The van der Waals surface area contributed by atoms with Crippen molar-refractivity contribution < 1.29 is 4.57 Å². The van der Waals surface area contributed by atoms with Crippen molar-refractivity contribution in [3.63, 3.8) is 0 Å². The first kappa shape index (κ1) is 12.1. The van der Waals surface area contributed by atoms with Crippen LogP contribution in [0.25, 0.3) is 0 Å². The molecule has 0 spiro atoms. The summed E-state index contributed by atoms with van der Waals surface area (Å²) in [6.07, 6.45) is 14.0. The first-order valence-electron chi connectivity index (χ1n) is 6.58. The average molecular weight is 228 g/mol. The fourth-order valence-electron chi connectivity index (χ4n) is 2.30. The van der Waals surface area contributed by atoms with Gasteiger partial charge in [-0.1, -0.05) is 23.8 Å². The van der Waals surface area contributed by atoms with Gasteiger partial charge >= 0.3 is 0 Å². The van der Waals surface area contributed by atoms with E-state index in [-0.39, 0.29) is 0 Å². The van der Waals surface area contributed by atoms with E-state index in [9.17, 15) is 0 Å². The SMILES string of the molecule is Cc1ccc[n+](CCCC2=CCCC=C2)c1C. The third kappa shape index (κ3) is 3.29. The van der Waals surface area contributed by atoms with Crippen molar-refractivity contribution in [3.05, 3.63) is 53.4 Å². The third-order valence-corrected chi connectivity index (χ3v) is 3.55. The molecule has 0 saturated carbocycles. The first-order valence-corrected chi connectivity index (χ1v) is 6.58. The van der Waals surface area contributed by atoms with Crippen LogP contribution in [0.3, 0.4) is 0 Å². The molecule has 1 heteroatoms. The molecule has 1 aliphatic carbocycles. The van der Waals surface area contributed by atoms with Gasteiger partial charge in [0, 0.05) is 25.0 Å². The van der Waals surface area contributed by atoms with E-state index in [1.807, 2.05) is 0 Å². The van der Waals surface area contributed by atoms with Crippen molar-refractivity contribution in [2.75, 3.05) is 0 Å². The summed E-state index contributed by atoms with van der Waals surface area (Å²) in [4.78, 5) is 0. The lowest BCUT2D eigenvalue weighted by Crippen LogP contribution is -2.37. The van der Waals surface area contributed by atoms with Gasteiger partial charge in [0.25, 0.3) is 0 Å². The van der Waals surface area contributed by atoms with Gasteiger partial charge < -0.3 is 0 Å². The molecule has 0 bridgehead atoms. The second-order valence-electron chi connectivity index (χ2n) is 4.83. The van der Waals surface area contributed by atoms with Crippen LogP contribution in [0.5, 0.6) is 0 Å². The van der Waals surface area contributed by atoms with E-state index in [1.54, 1.807) is 0 Å². The average Bonchev–Trinajstić information content (AvgIpc) is 2.36. The Bertz CT molecular complexity index is 441. The highest BCUT2D eigenvalue weighted by Gasteiger charge is 2.08. The minimum Gasteiger partial charge on any atom is -0.202 e. The lowest BCUT2D eigenvalue weighted by atomic mass is 10.0. The first-order chi connectivity index (χ1) is 8.27. The summed E-state index contributed by atoms with van der Waals surface area (Å²) in [6, 6.07) is 4.32. The quantitative estimate of drug-likeness (QED) is 0.693. The van der Waals surface area contributed by atoms with Crippen LogP contribution in [0, 0.1) is 13.8 Å². The molecule has 1 aromatic heterocycles. The van der Waals surface area contributed by atoms with Gasteiger partial charge in [0.15, 0.2) is 11.9 Å². The van der Waals surface area contributed by atoms with Gasteiger partial charge in [-0.15, -0.1) is 0 Å². The highest BCUT2D eigenvalue weighted by molar-refractivity contribution is 5.21. The van der Waals surface area contributed by atoms with Crippen molar-refractivity contribution in [3.8, 4) is 0 Å². The number of nitrogens with zero attached hydrogens (tertiary/aromatic N) is 1. The Morgan fingerprint density at radius 1 is 1.24 bits per heavy atom. The minimum atomic E-state index is 1.12. The van der Waals surface area contributed by atoms with Crippen LogP contribution in [-0.4, -0.2) is 0 Å². The van der Waals surface area contributed by atoms with Crippen LogP contribution in [0.2, 0.25) is 0 Å². The maximum absolute atomic E-state index is 2.38. The van der Waals surface area contributed by atoms with Crippen LogP contribution in [-0.2, 0) is 6.54 Å². The Kier molecular flexibility index (Phi) is 4.13. The Balaban J connectivity index is 1.88. The summed E-state index contributed by atoms with van der Waals surface area (Å²) >= 11 is 0. The molecule has 0 unspecified atom stereocenters. The summed E-state index contributed by atoms with van der Waals surface area (Å²) in [6.45, 7) is 5.51. The second kappa shape index (κ2) is 5.81. The van der Waals surface area contributed by atoms with E-state index in [0.29, 0.717) is 0 Å². The fourth-order valence-corrected chi connectivity index (χ4v) is 2.30. The maximum Gasteiger partial charge on any atom is 0.181 e. The van der Waals surface area contributed by atoms with E-state index < -0.39 is 0 Å². The molecule has 1 aliphatic rings. The summed E-state index contributed by atoms with van der Waals surface area (Å²) in [7, 11) is 0. The zero-order chi connectivity index (χ0) is 12.1. The van der Waals surface area contributed by atoms with E-state index in [1.165, 1.54) is 42.5 Å². The minimum absolute atomic E-state index is 1.12. The molecule has 1 nitrogen and oxygen atoms in total. The Labute approximate surface area is 104 Å². The molecule has 0 atom stereocenters. The van der Waals surface area contributed by atoms with Crippen LogP contribution in [0.1, 0.15) is 36.9 Å². The molecule has 0 amide bonds. The Hall–Kier alpha value is -1.37. The number of hydrogen-bond donors (Lipinski definition) is 0. The summed E-state index contributed by atoms with van der Waals surface area (Å²) in [5.74, 6) is 0. The molecule has 0 radical (unpaired) electrons. The van der Waals surface area contributed by atoms with E-state index in [4.69, 9.17) is 0 Å². The number of aryl methyl sites for hydroxylation is 2. The van der Waals surface area contributed by atoms with Crippen LogP contribution >= 0.6 is 0 Å². The zero-order valence-electron chi connectivity index (χ0n) is 10.9. The van der Waals surface area contributed by atoms with E-state index in [0.717, 1.165) is 6.54 Å². The summed E-state index contributed by atoms with van der Waals surface area (Å²) in [5.41, 5.74) is 4.28. The molecule has 1 heterocycles. The molecule has 1 aromatic rings. The molecule has 17 heavy (non-hydrogen) atoms. The molecular weight excluding hydrogens is 206 g/mol. The highest BCUT2D eigenvalue weighted by Crippen LogP contribution is 2.14. The van der Waals surface area contributed by atoms with Crippen molar-refractivity contribution in [2.24, 2.45) is 0 Å². The van der Waals surface area contributed by atoms with Gasteiger partial charge in [-0.25, -0.2) is 4.57 Å². The largest absolute Gasteiger partial charge is 0.202 e.